The van der Waals surface area contributed by atoms with E-state index in [2.05, 4.69) is 4.84 Å². The topological polar surface area (TPSA) is 69.4 Å². The lowest BCUT2D eigenvalue weighted by molar-refractivity contribution is -0.728. The molecule has 0 saturated carbocycles. The highest BCUT2D eigenvalue weighted by atomic mass is 17.0. The van der Waals surface area contributed by atoms with Crippen molar-refractivity contribution in [3.05, 3.63) is 22.3 Å². The van der Waals surface area contributed by atoms with Gasteiger partial charge in [0, 0.05) is 6.08 Å². The zero-order valence-electron chi connectivity index (χ0n) is 7.23. The van der Waals surface area contributed by atoms with E-state index in [-0.39, 0.29) is 5.41 Å². The fraction of sp³-hybridized carbons (Fsp3) is 0.571. The van der Waals surface area contributed by atoms with Crippen LogP contribution in [-0.2, 0) is 9.63 Å². The average Bonchev–Trinajstić information content (AvgIpc) is 1.80. The Hall–Kier alpha value is -1.39. The number of carbonyl (C=O) groups excluding carboxylic acids is 1. The van der Waals surface area contributed by atoms with E-state index >= 15 is 0 Å². The van der Waals surface area contributed by atoms with Crippen LogP contribution in [-0.4, -0.2) is 11.1 Å². The molecule has 12 heavy (non-hydrogen) atoms. The van der Waals surface area contributed by atoms with Gasteiger partial charge in [0.1, 0.15) is 0 Å². The highest BCUT2D eigenvalue weighted by Gasteiger charge is 2.07. The van der Waals surface area contributed by atoms with Crippen molar-refractivity contribution in [3.63, 3.8) is 0 Å². The molecule has 0 aliphatic rings. The minimum Gasteiger partial charge on any atom is -0.263 e. The molecule has 68 valence electrons. The van der Waals surface area contributed by atoms with Crippen molar-refractivity contribution in [3.8, 4) is 0 Å². The number of nitrogens with zero attached hydrogens (tertiary/aromatic N) is 1. The highest BCUT2D eigenvalue weighted by molar-refractivity contribution is 5.81. The van der Waals surface area contributed by atoms with Gasteiger partial charge in [0.05, 0.1) is 0 Å². The van der Waals surface area contributed by atoms with Gasteiger partial charge in [0.25, 0.3) is 0 Å². The summed E-state index contributed by atoms with van der Waals surface area (Å²) in [6.45, 7) is 5.59. The summed E-state index contributed by atoms with van der Waals surface area (Å²) in [7, 11) is 0. The lowest BCUT2D eigenvalue weighted by atomic mass is 9.96. The average molecular weight is 173 g/mol. The molecule has 0 spiro atoms. The molecular weight excluding hydrogens is 162 g/mol. The first-order valence-electron chi connectivity index (χ1n) is 3.37. The van der Waals surface area contributed by atoms with Crippen molar-refractivity contribution in [2.24, 2.45) is 5.41 Å². The third-order valence-corrected chi connectivity index (χ3v) is 0.884. The number of rotatable bonds is 2. The van der Waals surface area contributed by atoms with Crippen molar-refractivity contribution in [1.82, 2.24) is 0 Å². The van der Waals surface area contributed by atoms with Gasteiger partial charge in [-0.25, -0.2) is 4.84 Å². The minimum atomic E-state index is -1.13. The second-order valence-electron chi connectivity index (χ2n) is 3.33. The minimum absolute atomic E-state index is 0.185. The molecule has 0 fully saturated rings. The van der Waals surface area contributed by atoms with E-state index < -0.39 is 11.1 Å². The van der Waals surface area contributed by atoms with Crippen LogP contribution in [0.15, 0.2) is 12.2 Å². The SMILES string of the molecule is CC(C)(C)C=CC(=O)O[N+](=O)[O-]. The third-order valence-electron chi connectivity index (χ3n) is 0.884. The molecule has 0 atom stereocenters. The molecule has 5 nitrogen and oxygen atoms in total. The molecule has 0 rings (SSSR count). The van der Waals surface area contributed by atoms with Gasteiger partial charge in [-0.15, -0.1) is 10.1 Å². The maximum Gasteiger partial charge on any atom is 0.326 e. The fourth-order valence-electron chi connectivity index (χ4n) is 0.422. The molecular formula is C7H11NO4. The van der Waals surface area contributed by atoms with Crippen LogP contribution < -0.4 is 0 Å². The third kappa shape index (κ3) is 6.73. The van der Waals surface area contributed by atoms with Crippen molar-refractivity contribution in [2.75, 3.05) is 0 Å². The quantitative estimate of drug-likeness (QED) is 0.358. The molecule has 5 heteroatoms. The molecule has 0 amide bonds. The predicted octanol–water partition coefficient (Wildman–Crippen LogP) is 1.32. The van der Waals surface area contributed by atoms with Crippen molar-refractivity contribution in [2.45, 2.75) is 20.8 Å². The summed E-state index contributed by atoms with van der Waals surface area (Å²) in [6, 6.07) is 0. The van der Waals surface area contributed by atoms with Gasteiger partial charge in [-0.1, -0.05) is 26.8 Å². The van der Waals surface area contributed by atoms with Crippen LogP contribution in [0.5, 0.6) is 0 Å². The molecule has 0 aliphatic heterocycles. The van der Waals surface area contributed by atoms with Crippen LogP contribution >= 0.6 is 0 Å². The molecule has 0 unspecified atom stereocenters. The van der Waals surface area contributed by atoms with E-state index in [0.717, 1.165) is 6.08 Å². The second kappa shape index (κ2) is 3.85. The Balaban J connectivity index is 4.01. The summed E-state index contributed by atoms with van der Waals surface area (Å²) < 4.78 is 0. The fourth-order valence-corrected chi connectivity index (χ4v) is 0.422. The van der Waals surface area contributed by atoms with E-state index in [1.807, 2.05) is 20.8 Å². The van der Waals surface area contributed by atoms with Crippen LogP contribution in [0.2, 0.25) is 0 Å². The first-order chi connectivity index (χ1) is 5.31. The van der Waals surface area contributed by atoms with Crippen LogP contribution in [0.3, 0.4) is 0 Å². The smallest absolute Gasteiger partial charge is 0.263 e. The van der Waals surface area contributed by atoms with Crippen molar-refractivity contribution in [1.29, 1.82) is 0 Å². The predicted molar refractivity (Wildman–Crippen MR) is 41.7 cm³/mol. The largest absolute Gasteiger partial charge is 0.326 e. The summed E-state index contributed by atoms with van der Waals surface area (Å²) in [5, 5.41) is 8.53. The summed E-state index contributed by atoms with van der Waals surface area (Å²) in [5.41, 5.74) is -0.185. The number of allylic oxidation sites excluding steroid dienone is 1. The maximum absolute atomic E-state index is 10.5. The zero-order chi connectivity index (χ0) is 9.78. The van der Waals surface area contributed by atoms with Crippen LogP contribution in [0.4, 0.5) is 0 Å². The van der Waals surface area contributed by atoms with E-state index in [1.165, 1.54) is 0 Å². The normalized spacial score (nSPS) is 11.6. The summed E-state index contributed by atoms with van der Waals surface area (Å²) in [5.74, 6) is -0.963. The Kier molecular flexibility index (Phi) is 3.40. The van der Waals surface area contributed by atoms with Crippen LogP contribution in [0.1, 0.15) is 20.8 Å². The zero-order valence-corrected chi connectivity index (χ0v) is 7.23. The number of hydrogen-bond donors (Lipinski definition) is 0. The Bertz CT molecular complexity index is 214. The van der Waals surface area contributed by atoms with Gasteiger partial charge in [0.2, 0.25) is 0 Å². The van der Waals surface area contributed by atoms with Gasteiger partial charge >= 0.3 is 11.1 Å². The molecule has 0 aromatic carbocycles. The van der Waals surface area contributed by atoms with Crippen molar-refractivity contribution < 1.29 is 14.7 Å². The molecule has 0 aromatic heterocycles. The Morgan fingerprint density at radius 1 is 1.50 bits per heavy atom. The lowest BCUT2D eigenvalue weighted by Crippen LogP contribution is -2.08. The molecule has 0 saturated heterocycles. The summed E-state index contributed by atoms with van der Waals surface area (Å²) in [4.78, 5) is 23.9. The monoisotopic (exact) mass is 173 g/mol. The first kappa shape index (κ1) is 10.6. The van der Waals surface area contributed by atoms with E-state index in [0.29, 0.717) is 0 Å². The first-order valence-corrected chi connectivity index (χ1v) is 3.37. The van der Waals surface area contributed by atoms with E-state index in [9.17, 15) is 14.9 Å². The van der Waals surface area contributed by atoms with Gasteiger partial charge in [-0.3, -0.25) is 4.79 Å². The lowest BCUT2D eigenvalue weighted by Gasteiger charge is -2.09. The maximum atomic E-state index is 10.5. The highest BCUT2D eigenvalue weighted by Crippen LogP contribution is 2.14. The van der Waals surface area contributed by atoms with Crippen LogP contribution in [0.25, 0.3) is 0 Å². The van der Waals surface area contributed by atoms with Gasteiger partial charge < -0.3 is 0 Å². The summed E-state index contributed by atoms with van der Waals surface area (Å²) >= 11 is 0. The second-order valence-corrected chi connectivity index (χ2v) is 3.33. The van der Waals surface area contributed by atoms with Crippen molar-refractivity contribution >= 4 is 5.97 Å². The number of carbonyl (C=O) groups is 1. The Morgan fingerprint density at radius 3 is 2.33 bits per heavy atom. The number of hydrogen-bond acceptors (Lipinski definition) is 4. The molecule has 0 aliphatic carbocycles. The molecule has 0 heterocycles. The van der Waals surface area contributed by atoms with E-state index in [1.54, 1.807) is 6.08 Å². The van der Waals surface area contributed by atoms with Gasteiger partial charge in [0.15, 0.2) is 0 Å². The molecule has 0 aromatic rings. The molecule has 0 radical (unpaired) electrons. The van der Waals surface area contributed by atoms with Gasteiger partial charge in [-0.05, 0) is 5.41 Å². The van der Waals surface area contributed by atoms with E-state index in [4.69, 9.17) is 0 Å². The standard InChI is InChI=1S/C7H11NO4/c1-7(2,3)5-4-6(9)12-8(10)11/h4-5H,1-3H3. The van der Waals surface area contributed by atoms with Crippen LogP contribution in [0, 0.1) is 15.5 Å². The molecule has 0 N–H and O–H groups in total. The molecule has 0 bridgehead atoms. The Labute approximate surface area is 70.1 Å². The summed E-state index contributed by atoms with van der Waals surface area (Å²) in [6.07, 6.45) is 2.58. The Morgan fingerprint density at radius 2 is 2.00 bits per heavy atom. The van der Waals surface area contributed by atoms with Gasteiger partial charge in [-0.2, -0.15) is 0 Å².